The van der Waals surface area contributed by atoms with Crippen LogP contribution < -0.4 is 0 Å². The Morgan fingerprint density at radius 3 is 0.594 bits per heavy atom. The van der Waals surface area contributed by atoms with E-state index in [1.807, 2.05) is 0 Å². The van der Waals surface area contributed by atoms with Gasteiger partial charge in [-0.3, -0.25) is 76.7 Å². The van der Waals surface area contributed by atoms with E-state index in [1.165, 1.54) is 0 Å². The molecule has 28 nitrogen and oxygen atoms in total. The summed E-state index contributed by atoms with van der Waals surface area (Å²) in [6, 6.07) is 0. The van der Waals surface area contributed by atoms with E-state index in [0.29, 0.717) is 0 Å². The van der Waals surface area contributed by atoms with Gasteiger partial charge in [-0.05, 0) is 25.7 Å². The van der Waals surface area contributed by atoms with Crippen LogP contribution in [0.25, 0.3) is 0 Å². The Bertz CT molecular complexity index is 1900. The van der Waals surface area contributed by atoms with Crippen molar-refractivity contribution in [2.45, 2.75) is 25.7 Å². The number of carboxylic acid groups (broad SMARTS) is 8. The van der Waals surface area contributed by atoms with Crippen LogP contribution in [0.3, 0.4) is 0 Å². The standard InChI is InChI=1S/2C9H10O8.2C9H6O6/c2*10-6(11)2-1-3(7(12)13)5(9(16)17)4(2)8(14)15;2*10-6-2-1-3-5(4(2)8(12)14-6)9(13)15-7(3)11/h2*2-5H,1H2,(H,10,11)(H,12,13)(H,14,15)(H,16,17);2*2-5H,1H2/t4*2-,3-,4-,5-/m1010/s1. The molecule has 4 heterocycles. The average Bonchev–Trinajstić information content (AvgIpc) is 4.04. The largest absolute Gasteiger partial charge is 0.481 e. The zero-order chi connectivity index (χ0) is 48.1. The number of esters is 8. The lowest BCUT2D eigenvalue weighted by Gasteiger charge is -2.16. The molecule has 0 bridgehead atoms. The second-order valence-electron chi connectivity index (χ2n) is 15.7. The van der Waals surface area contributed by atoms with Crippen molar-refractivity contribution in [3.63, 3.8) is 0 Å². The van der Waals surface area contributed by atoms with Gasteiger partial charge in [0.1, 0.15) is 0 Å². The van der Waals surface area contributed by atoms with Crippen molar-refractivity contribution in [1.29, 1.82) is 0 Å². The van der Waals surface area contributed by atoms with Crippen molar-refractivity contribution < 1.29 is 137 Å². The number of carboxylic acids is 8. The second kappa shape index (κ2) is 17.6. The Hall–Kier alpha value is -7.68. The number of hydrogen-bond acceptors (Lipinski definition) is 20. The molecule has 16 atom stereocenters. The van der Waals surface area contributed by atoms with Gasteiger partial charge in [-0.25, -0.2) is 0 Å². The average molecular weight is 913 g/mol. The summed E-state index contributed by atoms with van der Waals surface area (Å²) in [4.78, 5) is 177. The van der Waals surface area contributed by atoms with Crippen LogP contribution in [0.15, 0.2) is 0 Å². The lowest BCUT2D eigenvalue weighted by molar-refractivity contribution is -0.160. The predicted molar refractivity (Wildman–Crippen MR) is 180 cm³/mol. The Morgan fingerprint density at radius 1 is 0.281 bits per heavy atom. The second-order valence-corrected chi connectivity index (χ2v) is 15.7. The molecule has 0 amide bonds. The third-order valence-electron chi connectivity index (χ3n) is 12.6. The molecule has 64 heavy (non-hydrogen) atoms. The Morgan fingerprint density at radius 2 is 0.453 bits per heavy atom. The monoisotopic (exact) mass is 912 g/mol. The molecule has 0 radical (unpaired) electrons. The number of hydrogen-bond donors (Lipinski definition) is 8. The van der Waals surface area contributed by atoms with Gasteiger partial charge in [0, 0.05) is 0 Å². The molecule has 4 aliphatic heterocycles. The Balaban J connectivity index is 0.000000161. The summed E-state index contributed by atoms with van der Waals surface area (Å²) in [5.41, 5.74) is 0. The zero-order valence-electron chi connectivity index (χ0n) is 31.8. The van der Waals surface area contributed by atoms with Gasteiger partial charge < -0.3 is 59.8 Å². The van der Waals surface area contributed by atoms with E-state index in [4.69, 9.17) is 40.9 Å². The summed E-state index contributed by atoms with van der Waals surface area (Å²) in [5, 5.41) is 70.5. The lowest BCUT2D eigenvalue weighted by Crippen LogP contribution is -2.35. The topological polar surface area (TPSA) is 472 Å². The van der Waals surface area contributed by atoms with Crippen molar-refractivity contribution in [2.75, 3.05) is 0 Å². The fourth-order valence-corrected chi connectivity index (χ4v) is 9.78. The maximum absolute atomic E-state index is 11.3. The van der Waals surface area contributed by atoms with Gasteiger partial charge in [-0.2, -0.15) is 0 Å². The van der Waals surface area contributed by atoms with Gasteiger partial charge in [-0.15, -0.1) is 0 Å². The first kappa shape index (κ1) is 47.4. The molecule has 8 N–H and O–H groups in total. The van der Waals surface area contributed by atoms with E-state index >= 15 is 0 Å². The first-order valence-corrected chi connectivity index (χ1v) is 18.6. The molecular weight excluding hydrogens is 880 g/mol. The highest BCUT2D eigenvalue weighted by Gasteiger charge is 2.66. The number of cyclic esters (lactones) is 8. The number of carbonyl (C=O) groups is 16. The van der Waals surface area contributed by atoms with Crippen LogP contribution in [0.4, 0.5) is 0 Å². The van der Waals surface area contributed by atoms with Crippen LogP contribution in [0.2, 0.25) is 0 Å². The van der Waals surface area contributed by atoms with E-state index < -0.39 is 203 Å². The van der Waals surface area contributed by atoms with Gasteiger partial charge in [-0.1, -0.05) is 0 Å². The van der Waals surface area contributed by atoms with Crippen LogP contribution in [0.5, 0.6) is 0 Å². The minimum atomic E-state index is -1.72. The molecule has 0 aromatic heterocycles. The number of aliphatic carboxylic acids is 8. The van der Waals surface area contributed by atoms with Crippen molar-refractivity contribution in [3.05, 3.63) is 0 Å². The highest BCUT2D eigenvalue weighted by Crippen LogP contribution is 2.51. The molecule has 4 aliphatic carbocycles. The third-order valence-corrected chi connectivity index (χ3v) is 12.6. The molecule has 0 unspecified atom stereocenters. The molecule has 0 spiro atoms. The molecule has 28 heteroatoms. The van der Waals surface area contributed by atoms with Crippen LogP contribution in [0.1, 0.15) is 25.7 Å². The zero-order valence-corrected chi connectivity index (χ0v) is 31.8. The SMILES string of the molecule is O=C(O)[C@@H]1[C@@H](C(=O)O)[C@@H](C(=O)O)C[C@@H]1C(=O)O.O=C(O)[C@H]1[C@H](C(=O)O)[C@H](C(=O)O)C[C@H]1C(=O)O.O=C1OC(=O)[C@@H]2C[C@H]3C(=O)OC(=O)[C@H]3[C@H]12.O=C1OC(=O)[C@H]2C[C@@H]3C(=O)OC(=O)[C@@H]3[C@@H]12. The molecule has 8 fully saturated rings. The summed E-state index contributed by atoms with van der Waals surface area (Å²) in [6.45, 7) is 0. The van der Waals surface area contributed by atoms with E-state index in [1.54, 1.807) is 0 Å². The maximum Gasteiger partial charge on any atom is 0.318 e. The van der Waals surface area contributed by atoms with Gasteiger partial charge >= 0.3 is 95.5 Å². The quantitative estimate of drug-likeness (QED) is 0.0663. The van der Waals surface area contributed by atoms with Crippen LogP contribution in [0, 0.1) is 94.7 Å². The van der Waals surface area contributed by atoms with Crippen LogP contribution >= 0.6 is 0 Å². The first-order chi connectivity index (χ1) is 29.7. The third kappa shape index (κ3) is 8.31. The number of carbonyl (C=O) groups excluding carboxylic acids is 8. The smallest absolute Gasteiger partial charge is 0.318 e. The van der Waals surface area contributed by atoms with Crippen LogP contribution in [-0.4, -0.2) is 136 Å². The van der Waals surface area contributed by atoms with E-state index in [9.17, 15) is 76.7 Å². The van der Waals surface area contributed by atoms with Crippen molar-refractivity contribution >= 4 is 95.5 Å². The van der Waals surface area contributed by atoms with Crippen LogP contribution in [-0.2, 0) is 95.7 Å². The lowest BCUT2D eigenvalue weighted by atomic mass is 9.87. The summed E-state index contributed by atoms with van der Waals surface area (Å²) in [7, 11) is 0. The molecule has 4 saturated heterocycles. The highest BCUT2D eigenvalue weighted by atomic mass is 16.6. The van der Waals surface area contributed by atoms with Gasteiger partial charge in [0.2, 0.25) is 0 Å². The Labute approximate surface area is 352 Å². The van der Waals surface area contributed by atoms with E-state index in [2.05, 4.69) is 18.9 Å². The first-order valence-electron chi connectivity index (χ1n) is 18.6. The highest BCUT2D eigenvalue weighted by molar-refractivity contribution is 6.07. The van der Waals surface area contributed by atoms with Crippen molar-refractivity contribution in [3.8, 4) is 0 Å². The summed E-state index contributed by atoms with van der Waals surface area (Å²) >= 11 is 0. The number of ether oxygens (including phenoxy) is 4. The molecule has 8 rings (SSSR count). The molecule has 0 aromatic rings. The summed E-state index contributed by atoms with van der Waals surface area (Å²) in [5.74, 6) is -36.3. The molecule has 344 valence electrons. The van der Waals surface area contributed by atoms with E-state index in [-0.39, 0.29) is 12.8 Å². The molecular formula is C36H32O28. The summed E-state index contributed by atoms with van der Waals surface area (Å²) < 4.78 is 17.7. The van der Waals surface area contributed by atoms with E-state index in [0.717, 1.165) is 0 Å². The van der Waals surface area contributed by atoms with Gasteiger partial charge in [0.05, 0.1) is 94.7 Å². The molecule has 0 aromatic carbocycles. The minimum Gasteiger partial charge on any atom is -0.481 e. The predicted octanol–water partition coefficient (Wildman–Crippen LogP) is -3.57. The van der Waals surface area contributed by atoms with Crippen molar-refractivity contribution in [1.82, 2.24) is 0 Å². The number of rotatable bonds is 8. The molecule has 8 aliphatic rings. The van der Waals surface area contributed by atoms with Crippen molar-refractivity contribution in [2.24, 2.45) is 94.7 Å². The maximum atomic E-state index is 11.3. The number of fused-ring (bicyclic) bond motifs is 6. The minimum absolute atomic E-state index is 0.185. The Kier molecular flexibility index (Phi) is 13.0. The molecule has 4 saturated carbocycles. The van der Waals surface area contributed by atoms with Gasteiger partial charge in [0.25, 0.3) is 0 Å². The summed E-state index contributed by atoms with van der Waals surface area (Å²) in [6.07, 6.45) is -0.605. The van der Waals surface area contributed by atoms with Gasteiger partial charge in [0.15, 0.2) is 0 Å². The fourth-order valence-electron chi connectivity index (χ4n) is 9.78. The fraction of sp³-hybridized carbons (Fsp3) is 0.556. The normalized spacial score (nSPS) is 37.0.